The normalized spacial score (nSPS) is 10.8. The third-order valence-corrected chi connectivity index (χ3v) is 2.74. The summed E-state index contributed by atoms with van der Waals surface area (Å²) in [5, 5.41) is 12.5. The number of hydrogen-bond donors (Lipinski definition) is 2. The summed E-state index contributed by atoms with van der Waals surface area (Å²) in [6, 6.07) is 4.84. The minimum absolute atomic E-state index is 0.224. The first-order valence-corrected chi connectivity index (χ1v) is 6.07. The van der Waals surface area contributed by atoms with E-state index in [0.717, 1.165) is 25.8 Å². The standard InChI is InChI=1S/C13H16FN3O/c14-11-6-4-5-10-12(11)16-9-17-13(10)15-7-2-1-3-8-18/h4-6,9,18H,1-3,7-8H2,(H,15,16,17). The fourth-order valence-electron chi connectivity index (χ4n) is 1.81. The third kappa shape index (κ3) is 2.92. The first-order valence-electron chi connectivity index (χ1n) is 6.07. The van der Waals surface area contributed by atoms with Crippen molar-refractivity contribution in [3.05, 3.63) is 30.3 Å². The summed E-state index contributed by atoms with van der Waals surface area (Å²) in [6.07, 6.45) is 4.07. The lowest BCUT2D eigenvalue weighted by molar-refractivity contribution is 0.283. The molecule has 18 heavy (non-hydrogen) atoms. The van der Waals surface area contributed by atoms with Gasteiger partial charge in [-0.05, 0) is 31.4 Å². The van der Waals surface area contributed by atoms with Crippen LogP contribution in [0.5, 0.6) is 0 Å². The van der Waals surface area contributed by atoms with E-state index in [9.17, 15) is 4.39 Å². The lowest BCUT2D eigenvalue weighted by atomic mass is 10.2. The Kier molecular flexibility index (Phi) is 4.41. The van der Waals surface area contributed by atoms with Gasteiger partial charge in [0.25, 0.3) is 0 Å². The first kappa shape index (κ1) is 12.7. The summed E-state index contributed by atoms with van der Waals surface area (Å²) in [5.74, 6) is 0.321. The van der Waals surface area contributed by atoms with Crippen molar-refractivity contribution in [1.29, 1.82) is 0 Å². The number of unbranched alkanes of at least 4 members (excludes halogenated alkanes) is 2. The maximum Gasteiger partial charge on any atom is 0.149 e. The maximum atomic E-state index is 13.5. The quantitative estimate of drug-likeness (QED) is 0.771. The molecule has 2 rings (SSSR count). The second-order valence-electron chi connectivity index (χ2n) is 4.07. The van der Waals surface area contributed by atoms with E-state index in [1.54, 1.807) is 12.1 Å². The van der Waals surface area contributed by atoms with Gasteiger partial charge < -0.3 is 10.4 Å². The van der Waals surface area contributed by atoms with Crippen LogP contribution in [0.15, 0.2) is 24.5 Å². The van der Waals surface area contributed by atoms with Gasteiger partial charge in [0.15, 0.2) is 0 Å². The third-order valence-electron chi connectivity index (χ3n) is 2.74. The van der Waals surface area contributed by atoms with Crippen molar-refractivity contribution in [2.24, 2.45) is 0 Å². The predicted molar refractivity (Wildman–Crippen MR) is 68.9 cm³/mol. The molecule has 0 saturated heterocycles. The molecule has 4 nitrogen and oxygen atoms in total. The number of nitrogens with zero attached hydrogens (tertiary/aromatic N) is 2. The van der Waals surface area contributed by atoms with E-state index < -0.39 is 0 Å². The van der Waals surface area contributed by atoms with Crippen LogP contribution in [0.1, 0.15) is 19.3 Å². The lowest BCUT2D eigenvalue weighted by Gasteiger charge is -2.08. The molecule has 0 aliphatic rings. The van der Waals surface area contributed by atoms with E-state index in [2.05, 4.69) is 15.3 Å². The number of fused-ring (bicyclic) bond motifs is 1. The van der Waals surface area contributed by atoms with Gasteiger partial charge >= 0.3 is 0 Å². The number of para-hydroxylation sites is 1. The van der Waals surface area contributed by atoms with Crippen LogP contribution in [0, 0.1) is 5.82 Å². The molecule has 0 aliphatic heterocycles. The van der Waals surface area contributed by atoms with Crippen molar-refractivity contribution >= 4 is 16.7 Å². The molecule has 0 bridgehead atoms. The Balaban J connectivity index is 2.07. The van der Waals surface area contributed by atoms with Gasteiger partial charge in [-0.1, -0.05) is 6.07 Å². The molecule has 0 aliphatic carbocycles. The number of nitrogens with one attached hydrogen (secondary N) is 1. The van der Waals surface area contributed by atoms with Gasteiger partial charge in [-0.3, -0.25) is 0 Å². The van der Waals surface area contributed by atoms with Crippen molar-refractivity contribution < 1.29 is 9.50 Å². The number of benzene rings is 1. The first-order chi connectivity index (χ1) is 8.83. The SMILES string of the molecule is OCCCCCNc1ncnc2c(F)cccc12. The van der Waals surface area contributed by atoms with Gasteiger partial charge in [0.1, 0.15) is 23.5 Å². The zero-order valence-electron chi connectivity index (χ0n) is 10.1. The highest BCUT2D eigenvalue weighted by Crippen LogP contribution is 2.21. The lowest BCUT2D eigenvalue weighted by Crippen LogP contribution is -2.05. The Morgan fingerprint density at radius 2 is 2.06 bits per heavy atom. The van der Waals surface area contributed by atoms with Gasteiger partial charge in [-0.15, -0.1) is 0 Å². The van der Waals surface area contributed by atoms with Crippen molar-refractivity contribution in [1.82, 2.24) is 9.97 Å². The number of anilines is 1. The molecule has 1 aromatic heterocycles. The minimum atomic E-state index is -0.335. The number of aromatic nitrogens is 2. The Morgan fingerprint density at radius 3 is 2.89 bits per heavy atom. The van der Waals surface area contributed by atoms with Crippen LogP contribution in [-0.4, -0.2) is 28.2 Å². The molecule has 0 saturated carbocycles. The summed E-state index contributed by atoms with van der Waals surface area (Å²) < 4.78 is 13.5. The number of hydrogen-bond acceptors (Lipinski definition) is 4. The highest BCUT2D eigenvalue weighted by atomic mass is 19.1. The van der Waals surface area contributed by atoms with Crippen LogP contribution in [0.25, 0.3) is 10.9 Å². The molecule has 5 heteroatoms. The van der Waals surface area contributed by atoms with Crippen molar-refractivity contribution in [2.45, 2.75) is 19.3 Å². The number of rotatable bonds is 6. The van der Waals surface area contributed by atoms with Gasteiger partial charge in [0.2, 0.25) is 0 Å². The maximum absolute atomic E-state index is 13.5. The largest absolute Gasteiger partial charge is 0.396 e. The molecule has 96 valence electrons. The zero-order chi connectivity index (χ0) is 12.8. The van der Waals surface area contributed by atoms with Gasteiger partial charge in [0.05, 0.1) is 0 Å². The molecule has 0 unspecified atom stereocenters. The van der Waals surface area contributed by atoms with E-state index in [1.165, 1.54) is 12.4 Å². The van der Waals surface area contributed by atoms with E-state index in [4.69, 9.17) is 5.11 Å². The summed E-state index contributed by atoms with van der Waals surface area (Å²) in [4.78, 5) is 8.07. The van der Waals surface area contributed by atoms with E-state index >= 15 is 0 Å². The number of aliphatic hydroxyl groups is 1. The fraction of sp³-hybridized carbons (Fsp3) is 0.385. The van der Waals surface area contributed by atoms with Crippen molar-refractivity contribution in [3.8, 4) is 0 Å². The van der Waals surface area contributed by atoms with Crippen LogP contribution in [0.4, 0.5) is 10.2 Å². The van der Waals surface area contributed by atoms with Crippen LogP contribution < -0.4 is 5.32 Å². The summed E-state index contributed by atoms with van der Waals surface area (Å²) in [5.41, 5.74) is 0.338. The van der Waals surface area contributed by atoms with E-state index in [0.29, 0.717) is 16.7 Å². The Hall–Kier alpha value is -1.75. The van der Waals surface area contributed by atoms with Crippen LogP contribution in [0.2, 0.25) is 0 Å². The fourth-order valence-corrected chi connectivity index (χ4v) is 1.81. The summed E-state index contributed by atoms with van der Waals surface area (Å²) in [7, 11) is 0. The number of halogens is 1. The van der Waals surface area contributed by atoms with Crippen molar-refractivity contribution in [2.75, 3.05) is 18.5 Å². The van der Waals surface area contributed by atoms with Gasteiger partial charge in [0, 0.05) is 18.5 Å². The molecular formula is C13H16FN3O. The van der Waals surface area contributed by atoms with E-state index in [1.807, 2.05) is 0 Å². The van der Waals surface area contributed by atoms with Gasteiger partial charge in [-0.2, -0.15) is 0 Å². The monoisotopic (exact) mass is 249 g/mol. The molecule has 2 aromatic rings. The molecule has 0 amide bonds. The van der Waals surface area contributed by atoms with Gasteiger partial charge in [-0.25, -0.2) is 14.4 Å². The molecule has 0 radical (unpaired) electrons. The van der Waals surface area contributed by atoms with E-state index in [-0.39, 0.29) is 12.4 Å². The minimum Gasteiger partial charge on any atom is -0.396 e. The molecule has 0 atom stereocenters. The molecule has 2 N–H and O–H groups in total. The van der Waals surface area contributed by atoms with Crippen LogP contribution in [0.3, 0.4) is 0 Å². The Bertz CT molecular complexity index is 519. The second-order valence-corrected chi connectivity index (χ2v) is 4.07. The van der Waals surface area contributed by atoms with Crippen molar-refractivity contribution in [3.63, 3.8) is 0 Å². The van der Waals surface area contributed by atoms with Crippen LogP contribution in [-0.2, 0) is 0 Å². The second kappa shape index (κ2) is 6.26. The average molecular weight is 249 g/mol. The predicted octanol–water partition coefficient (Wildman–Crippen LogP) is 2.34. The molecule has 0 spiro atoms. The molecule has 0 fully saturated rings. The highest BCUT2D eigenvalue weighted by molar-refractivity contribution is 5.89. The molecule has 1 heterocycles. The zero-order valence-corrected chi connectivity index (χ0v) is 10.1. The summed E-state index contributed by atoms with van der Waals surface area (Å²) in [6.45, 7) is 0.976. The van der Waals surface area contributed by atoms with Crippen LogP contribution >= 0.6 is 0 Å². The topological polar surface area (TPSA) is 58.0 Å². The number of aliphatic hydroxyl groups excluding tert-OH is 1. The summed E-state index contributed by atoms with van der Waals surface area (Å²) >= 11 is 0. The Morgan fingerprint density at radius 1 is 1.17 bits per heavy atom. The average Bonchev–Trinajstić information content (AvgIpc) is 2.39. The smallest absolute Gasteiger partial charge is 0.149 e. The Labute approximate surface area is 105 Å². The molecule has 1 aromatic carbocycles. The molecular weight excluding hydrogens is 233 g/mol. The highest BCUT2D eigenvalue weighted by Gasteiger charge is 2.06.